The molecule has 0 saturated heterocycles. The molecule has 1 spiro atoms. The van der Waals surface area contributed by atoms with Gasteiger partial charge in [-0.1, -0.05) is 218 Å². The molecule has 2 aliphatic rings. The average Bonchev–Trinajstić information content (AvgIpc) is 3.74. The Balaban J connectivity index is 1.05. The van der Waals surface area contributed by atoms with Crippen molar-refractivity contribution in [1.29, 1.82) is 0 Å². The Hall–Kier alpha value is -9.25. The van der Waals surface area contributed by atoms with Gasteiger partial charge in [0.2, 0.25) is 0 Å². The number of fused-ring (bicyclic) bond motifs is 12. The molecular weight excluding hydrogens is 849 g/mol. The van der Waals surface area contributed by atoms with E-state index in [0.717, 1.165) is 83.8 Å². The van der Waals surface area contributed by atoms with Gasteiger partial charge in [-0.25, -0.2) is 15.0 Å². The van der Waals surface area contributed by atoms with Crippen LogP contribution in [0, 0.1) is 0 Å². The van der Waals surface area contributed by atoms with Gasteiger partial charge in [-0.3, -0.25) is 0 Å². The minimum atomic E-state index is -0.660. The molecule has 0 N–H and O–H groups in total. The molecule has 0 saturated carbocycles. The van der Waals surface area contributed by atoms with Crippen LogP contribution >= 0.6 is 0 Å². The molecule has 0 bridgehead atoms. The first-order valence-corrected chi connectivity index (χ1v) is 23.9. The van der Waals surface area contributed by atoms with Crippen molar-refractivity contribution in [2.24, 2.45) is 0 Å². The number of pyridine rings is 1. The topological polar surface area (TPSA) is 41.9 Å². The highest BCUT2D eigenvalue weighted by Crippen LogP contribution is 2.65. The standard InChI is InChI=1S/C66H42N4/c1-5-20-44(21-6-1)60-42-61(69-65(68-60)47-24-9-3-10-25-47)45-38-36-43(37-39-45)49-31-19-34-57-64(49)70(48-26-11-4-12-27-48)62-41-54-53(52-30-15-18-35-59(52)67-63(54)46-22-7-2-8-23-46)40-58(62)66(57)55-32-16-13-28-50(55)51-29-14-17-33-56(51)66/h1-42H. The second-order valence-corrected chi connectivity index (χ2v) is 18.2. The Morgan fingerprint density at radius 3 is 1.50 bits per heavy atom. The maximum atomic E-state index is 5.44. The molecule has 2 aromatic heterocycles. The van der Waals surface area contributed by atoms with Crippen molar-refractivity contribution < 1.29 is 0 Å². The fourth-order valence-electron chi connectivity index (χ4n) is 11.4. The summed E-state index contributed by atoms with van der Waals surface area (Å²) in [5, 5.41) is 3.43. The van der Waals surface area contributed by atoms with Gasteiger partial charge in [0.05, 0.1) is 39.4 Å². The van der Waals surface area contributed by atoms with Crippen molar-refractivity contribution in [2.45, 2.75) is 5.41 Å². The first-order chi connectivity index (χ1) is 34.7. The van der Waals surface area contributed by atoms with E-state index in [-0.39, 0.29) is 0 Å². The maximum absolute atomic E-state index is 5.44. The zero-order chi connectivity index (χ0) is 46.2. The Bertz CT molecular complexity index is 3880. The summed E-state index contributed by atoms with van der Waals surface area (Å²) in [7, 11) is 0. The molecule has 1 aliphatic heterocycles. The van der Waals surface area contributed by atoms with E-state index in [1.165, 1.54) is 38.8 Å². The fraction of sp³-hybridized carbons (Fsp3) is 0.0152. The quantitative estimate of drug-likeness (QED) is 0.156. The third-order valence-corrected chi connectivity index (χ3v) is 14.5. The van der Waals surface area contributed by atoms with Crippen LogP contribution in [-0.2, 0) is 5.41 Å². The predicted molar refractivity (Wildman–Crippen MR) is 288 cm³/mol. The van der Waals surface area contributed by atoms with Gasteiger partial charge in [-0.15, -0.1) is 0 Å². The lowest BCUT2D eigenvalue weighted by Gasteiger charge is -2.46. The summed E-state index contributed by atoms with van der Waals surface area (Å²) in [6.45, 7) is 0. The lowest BCUT2D eigenvalue weighted by atomic mass is 9.63. The Morgan fingerprint density at radius 1 is 0.314 bits per heavy atom. The molecule has 0 unspecified atom stereocenters. The van der Waals surface area contributed by atoms with Crippen LogP contribution in [0.5, 0.6) is 0 Å². The summed E-state index contributed by atoms with van der Waals surface area (Å²) in [6.07, 6.45) is 0. The van der Waals surface area contributed by atoms with Crippen LogP contribution in [0.15, 0.2) is 255 Å². The van der Waals surface area contributed by atoms with E-state index >= 15 is 0 Å². The lowest BCUT2D eigenvalue weighted by molar-refractivity contribution is 0.755. The molecule has 70 heavy (non-hydrogen) atoms. The van der Waals surface area contributed by atoms with Gasteiger partial charge in [0.15, 0.2) is 5.82 Å². The van der Waals surface area contributed by atoms with E-state index in [9.17, 15) is 0 Å². The summed E-state index contributed by atoms with van der Waals surface area (Å²) in [5.74, 6) is 0.698. The molecule has 0 fully saturated rings. The van der Waals surface area contributed by atoms with Crippen LogP contribution in [0.1, 0.15) is 22.3 Å². The van der Waals surface area contributed by atoms with Gasteiger partial charge in [0, 0.05) is 44.3 Å². The lowest BCUT2D eigenvalue weighted by Crippen LogP contribution is -2.36. The monoisotopic (exact) mass is 890 g/mol. The first kappa shape index (κ1) is 39.9. The van der Waals surface area contributed by atoms with Crippen molar-refractivity contribution >= 4 is 38.7 Å². The number of aromatic nitrogens is 3. The van der Waals surface area contributed by atoms with Crippen LogP contribution in [0.3, 0.4) is 0 Å². The minimum absolute atomic E-state index is 0.660. The highest BCUT2D eigenvalue weighted by Gasteiger charge is 2.52. The number of anilines is 3. The van der Waals surface area contributed by atoms with E-state index in [1.807, 2.05) is 24.3 Å². The van der Waals surface area contributed by atoms with E-state index in [4.69, 9.17) is 15.0 Å². The minimum Gasteiger partial charge on any atom is -0.309 e. The van der Waals surface area contributed by atoms with Gasteiger partial charge < -0.3 is 4.90 Å². The van der Waals surface area contributed by atoms with E-state index < -0.39 is 5.41 Å². The maximum Gasteiger partial charge on any atom is 0.160 e. The molecule has 4 heteroatoms. The van der Waals surface area contributed by atoms with Gasteiger partial charge in [-0.05, 0) is 80.7 Å². The second kappa shape index (κ2) is 15.9. The van der Waals surface area contributed by atoms with E-state index in [1.54, 1.807) is 0 Å². The summed E-state index contributed by atoms with van der Waals surface area (Å²) in [5.41, 5.74) is 20.3. The summed E-state index contributed by atoms with van der Waals surface area (Å²) in [6, 6.07) is 91.9. The molecule has 3 heterocycles. The molecule has 12 aromatic rings. The van der Waals surface area contributed by atoms with E-state index in [2.05, 4.69) is 235 Å². The highest BCUT2D eigenvalue weighted by molar-refractivity contribution is 6.14. The zero-order valence-corrected chi connectivity index (χ0v) is 38.0. The normalized spacial score (nSPS) is 12.9. The van der Waals surface area contributed by atoms with Gasteiger partial charge in [-0.2, -0.15) is 0 Å². The average molecular weight is 891 g/mol. The molecule has 0 amide bonds. The zero-order valence-electron chi connectivity index (χ0n) is 38.0. The number of benzene rings is 10. The Kier molecular flexibility index (Phi) is 9.08. The second-order valence-electron chi connectivity index (χ2n) is 18.2. The predicted octanol–water partition coefficient (Wildman–Crippen LogP) is 16.7. The molecule has 10 aromatic carbocycles. The Labute approximate surface area is 406 Å². The van der Waals surface area contributed by atoms with Gasteiger partial charge >= 0.3 is 0 Å². The van der Waals surface area contributed by atoms with Crippen LogP contribution in [0.2, 0.25) is 0 Å². The van der Waals surface area contributed by atoms with Crippen molar-refractivity contribution in [1.82, 2.24) is 15.0 Å². The first-order valence-electron chi connectivity index (χ1n) is 23.9. The van der Waals surface area contributed by atoms with E-state index in [0.29, 0.717) is 5.82 Å². The van der Waals surface area contributed by atoms with Gasteiger partial charge in [0.1, 0.15) is 0 Å². The van der Waals surface area contributed by atoms with Crippen LogP contribution < -0.4 is 4.90 Å². The number of nitrogens with zero attached hydrogens (tertiary/aromatic N) is 4. The number of hydrogen-bond donors (Lipinski definition) is 0. The molecule has 326 valence electrons. The van der Waals surface area contributed by atoms with Crippen LogP contribution in [-0.4, -0.2) is 15.0 Å². The fourth-order valence-corrected chi connectivity index (χ4v) is 11.4. The summed E-state index contributed by atoms with van der Waals surface area (Å²) in [4.78, 5) is 18.2. The van der Waals surface area contributed by atoms with Crippen molar-refractivity contribution in [3.63, 3.8) is 0 Å². The Morgan fingerprint density at radius 2 is 0.829 bits per heavy atom. The summed E-state index contributed by atoms with van der Waals surface area (Å²) >= 11 is 0. The largest absolute Gasteiger partial charge is 0.309 e. The van der Waals surface area contributed by atoms with Gasteiger partial charge in [0.25, 0.3) is 0 Å². The number of rotatable bonds is 6. The molecule has 0 atom stereocenters. The highest BCUT2D eigenvalue weighted by atomic mass is 15.2. The number of para-hydroxylation sites is 3. The third kappa shape index (κ3) is 6.06. The third-order valence-electron chi connectivity index (χ3n) is 14.5. The SMILES string of the molecule is c1ccc(-c2cc(-c3ccc(-c4cccc5c4N(c4ccccc4)c4cc6c(-c7ccccc7)nc7ccccc7c6cc4C54c5ccccc5-c5ccccc54)cc3)nc(-c3ccccc3)n2)cc1. The molecular formula is C66H42N4. The van der Waals surface area contributed by atoms with Crippen molar-refractivity contribution in [2.75, 3.05) is 4.90 Å². The van der Waals surface area contributed by atoms with Crippen molar-refractivity contribution in [3.8, 4) is 67.4 Å². The molecule has 1 aliphatic carbocycles. The van der Waals surface area contributed by atoms with Crippen LogP contribution in [0.25, 0.3) is 89.1 Å². The van der Waals surface area contributed by atoms with Crippen molar-refractivity contribution in [3.05, 3.63) is 277 Å². The smallest absolute Gasteiger partial charge is 0.160 e. The molecule has 14 rings (SSSR count). The number of hydrogen-bond acceptors (Lipinski definition) is 4. The molecule has 0 radical (unpaired) electrons. The van der Waals surface area contributed by atoms with Crippen LogP contribution in [0.4, 0.5) is 17.1 Å². The molecule has 4 nitrogen and oxygen atoms in total. The summed E-state index contributed by atoms with van der Waals surface area (Å²) < 4.78 is 0.